The molecule has 0 bridgehead atoms. The molecule has 0 saturated carbocycles. The molecule has 0 saturated heterocycles. The number of nitrogens with one attached hydrogen (secondary N) is 2. The van der Waals surface area contributed by atoms with Gasteiger partial charge in [-0.05, 0) is 13.0 Å². The zero-order valence-electron chi connectivity index (χ0n) is 10.6. The summed E-state index contributed by atoms with van der Waals surface area (Å²) in [6.07, 6.45) is 3.68. The summed E-state index contributed by atoms with van der Waals surface area (Å²) in [4.78, 5) is 18.2. The van der Waals surface area contributed by atoms with Gasteiger partial charge in [0, 0.05) is 30.2 Å². The van der Waals surface area contributed by atoms with Crippen LogP contribution < -0.4 is 4.72 Å². The van der Waals surface area contributed by atoms with Gasteiger partial charge in [0.15, 0.2) is 0 Å². The molecule has 108 valence electrons. The van der Waals surface area contributed by atoms with E-state index in [1.54, 1.807) is 19.3 Å². The lowest BCUT2D eigenvalue weighted by molar-refractivity contribution is 0.0702. The van der Waals surface area contributed by atoms with Gasteiger partial charge in [0.1, 0.15) is 10.7 Å². The summed E-state index contributed by atoms with van der Waals surface area (Å²) < 4.78 is 26.6. The zero-order valence-corrected chi connectivity index (χ0v) is 12.2. The number of aryl methyl sites for hydroxylation is 1. The lowest BCUT2D eigenvalue weighted by Gasteiger charge is -2.04. The maximum absolute atomic E-state index is 12.1. The maximum atomic E-state index is 12.1. The number of sulfonamides is 1. The number of aromatic amines is 1. The van der Waals surface area contributed by atoms with Gasteiger partial charge >= 0.3 is 5.97 Å². The van der Waals surface area contributed by atoms with E-state index in [4.69, 9.17) is 5.11 Å². The van der Waals surface area contributed by atoms with Crippen molar-refractivity contribution >= 4 is 27.3 Å². The summed E-state index contributed by atoms with van der Waals surface area (Å²) in [5.41, 5.74) is 0. The number of H-pyrrole nitrogens is 1. The second kappa shape index (κ2) is 5.73. The lowest BCUT2D eigenvalue weighted by Crippen LogP contribution is -2.26. The second-order valence-electron chi connectivity index (χ2n) is 4.02. The molecule has 0 unspecified atom stereocenters. The zero-order chi connectivity index (χ0) is 14.8. The largest absolute Gasteiger partial charge is 0.477 e. The molecule has 2 aromatic heterocycles. The molecule has 0 spiro atoms. The minimum Gasteiger partial charge on any atom is -0.477 e. The van der Waals surface area contributed by atoms with Gasteiger partial charge in [-0.1, -0.05) is 0 Å². The Morgan fingerprint density at radius 2 is 2.30 bits per heavy atom. The quantitative estimate of drug-likeness (QED) is 0.736. The number of aromatic carboxylic acids is 1. The molecule has 2 heterocycles. The highest BCUT2D eigenvalue weighted by atomic mass is 32.2. The third-order valence-corrected chi connectivity index (χ3v) is 5.34. The summed E-state index contributed by atoms with van der Waals surface area (Å²) in [5, 5.41) is 8.87. The van der Waals surface area contributed by atoms with Gasteiger partial charge in [0.05, 0.1) is 4.90 Å². The van der Waals surface area contributed by atoms with Gasteiger partial charge in [0.2, 0.25) is 10.0 Å². The van der Waals surface area contributed by atoms with Crippen molar-refractivity contribution in [1.82, 2.24) is 14.7 Å². The van der Waals surface area contributed by atoms with E-state index in [0.29, 0.717) is 17.1 Å². The Hall–Kier alpha value is -1.71. The maximum Gasteiger partial charge on any atom is 0.345 e. The van der Waals surface area contributed by atoms with Crippen LogP contribution in [0.15, 0.2) is 23.4 Å². The lowest BCUT2D eigenvalue weighted by atomic mass is 10.4. The Kier molecular flexibility index (Phi) is 4.21. The summed E-state index contributed by atoms with van der Waals surface area (Å²) in [6.45, 7) is 1.77. The minimum atomic E-state index is -3.70. The van der Waals surface area contributed by atoms with Crippen LogP contribution in [0.5, 0.6) is 0 Å². The molecule has 0 fully saturated rings. The molecule has 2 aromatic rings. The predicted octanol–water partition coefficient (Wildman–Crippen LogP) is 0.999. The summed E-state index contributed by atoms with van der Waals surface area (Å²) in [6, 6.07) is 1.18. The molecule has 3 N–H and O–H groups in total. The number of hydrogen-bond donors (Lipinski definition) is 3. The Morgan fingerprint density at radius 1 is 1.55 bits per heavy atom. The summed E-state index contributed by atoms with van der Waals surface area (Å²) >= 11 is 0.943. The Morgan fingerprint density at radius 3 is 2.85 bits per heavy atom. The standard InChI is InChI=1S/C11H13N3O4S2/c1-7-9(6-8(19-7)11(15)16)20(17,18)14-3-2-10-12-4-5-13-10/h4-6,14H,2-3H2,1H3,(H,12,13)(H,15,16). The van der Waals surface area contributed by atoms with Crippen LogP contribution in [-0.2, 0) is 16.4 Å². The molecule has 0 aliphatic rings. The first-order valence-corrected chi connectivity index (χ1v) is 8.02. The van der Waals surface area contributed by atoms with Gasteiger partial charge < -0.3 is 10.1 Å². The number of aromatic nitrogens is 2. The fourth-order valence-electron chi connectivity index (χ4n) is 1.65. The number of carboxylic acid groups (broad SMARTS) is 1. The van der Waals surface area contributed by atoms with E-state index in [9.17, 15) is 13.2 Å². The second-order valence-corrected chi connectivity index (χ2v) is 7.01. The number of nitrogens with zero attached hydrogens (tertiary/aromatic N) is 1. The van der Waals surface area contributed by atoms with Gasteiger partial charge in [-0.3, -0.25) is 0 Å². The highest BCUT2D eigenvalue weighted by molar-refractivity contribution is 7.89. The van der Waals surface area contributed by atoms with Crippen molar-refractivity contribution in [1.29, 1.82) is 0 Å². The van der Waals surface area contributed by atoms with E-state index in [0.717, 1.165) is 11.3 Å². The molecule has 0 aromatic carbocycles. The minimum absolute atomic E-state index is 0.00825. The number of thiophene rings is 1. The first-order chi connectivity index (χ1) is 9.40. The number of rotatable bonds is 6. The van der Waals surface area contributed by atoms with Crippen molar-refractivity contribution in [2.45, 2.75) is 18.2 Å². The molecule has 7 nitrogen and oxygen atoms in total. The van der Waals surface area contributed by atoms with Gasteiger partial charge in [-0.25, -0.2) is 22.9 Å². The first kappa shape index (κ1) is 14.7. The number of carboxylic acids is 1. The fourth-order valence-corrected chi connectivity index (χ4v) is 4.11. The molecule has 0 atom stereocenters. The van der Waals surface area contributed by atoms with Crippen LogP contribution in [0.4, 0.5) is 0 Å². The SMILES string of the molecule is Cc1sc(C(=O)O)cc1S(=O)(=O)NCCc1ncc[nH]1. The highest BCUT2D eigenvalue weighted by Crippen LogP contribution is 2.25. The van der Waals surface area contributed by atoms with Crippen molar-refractivity contribution in [3.8, 4) is 0 Å². The third-order valence-electron chi connectivity index (χ3n) is 2.58. The Labute approximate surface area is 119 Å². The van der Waals surface area contributed by atoms with Crippen LogP contribution in [0, 0.1) is 6.92 Å². The average Bonchev–Trinajstić information content (AvgIpc) is 2.98. The predicted molar refractivity (Wildman–Crippen MR) is 73.5 cm³/mol. The van der Waals surface area contributed by atoms with Crippen molar-refractivity contribution < 1.29 is 18.3 Å². The average molecular weight is 315 g/mol. The number of carbonyl (C=O) groups is 1. The van der Waals surface area contributed by atoms with E-state index < -0.39 is 16.0 Å². The molecule has 2 rings (SSSR count). The third kappa shape index (κ3) is 3.24. The Balaban J connectivity index is 2.08. The van der Waals surface area contributed by atoms with Gasteiger partial charge in [0.25, 0.3) is 0 Å². The van der Waals surface area contributed by atoms with E-state index in [1.807, 2.05) is 0 Å². The Bertz CT molecular complexity index is 704. The van der Waals surface area contributed by atoms with E-state index >= 15 is 0 Å². The van der Waals surface area contributed by atoms with E-state index in [2.05, 4.69) is 14.7 Å². The topological polar surface area (TPSA) is 112 Å². The van der Waals surface area contributed by atoms with E-state index in [1.165, 1.54) is 6.07 Å². The molecule has 0 amide bonds. The molecule has 0 aliphatic carbocycles. The van der Waals surface area contributed by atoms with Crippen molar-refractivity contribution in [3.63, 3.8) is 0 Å². The van der Waals surface area contributed by atoms with Crippen LogP contribution >= 0.6 is 11.3 Å². The summed E-state index contributed by atoms with van der Waals surface area (Å²) in [5.74, 6) is -0.448. The number of hydrogen-bond acceptors (Lipinski definition) is 5. The van der Waals surface area contributed by atoms with Gasteiger partial charge in [-0.15, -0.1) is 11.3 Å². The van der Waals surface area contributed by atoms with E-state index in [-0.39, 0.29) is 16.3 Å². The van der Waals surface area contributed by atoms with Crippen LogP contribution in [0.1, 0.15) is 20.4 Å². The van der Waals surface area contributed by atoms with Crippen molar-refractivity contribution in [3.05, 3.63) is 34.0 Å². The smallest absolute Gasteiger partial charge is 0.345 e. The number of imidazole rings is 1. The highest BCUT2D eigenvalue weighted by Gasteiger charge is 2.21. The summed E-state index contributed by atoms with van der Waals surface area (Å²) in [7, 11) is -3.70. The van der Waals surface area contributed by atoms with Crippen LogP contribution in [0.2, 0.25) is 0 Å². The molecule has 0 aliphatic heterocycles. The van der Waals surface area contributed by atoms with Crippen LogP contribution in [0.25, 0.3) is 0 Å². The van der Waals surface area contributed by atoms with Crippen molar-refractivity contribution in [2.24, 2.45) is 0 Å². The van der Waals surface area contributed by atoms with Gasteiger partial charge in [-0.2, -0.15) is 0 Å². The van der Waals surface area contributed by atoms with Crippen LogP contribution in [-0.4, -0.2) is 36.0 Å². The van der Waals surface area contributed by atoms with Crippen molar-refractivity contribution in [2.75, 3.05) is 6.54 Å². The normalized spacial score (nSPS) is 11.7. The molecule has 20 heavy (non-hydrogen) atoms. The first-order valence-electron chi connectivity index (χ1n) is 5.72. The molecule has 9 heteroatoms. The van der Waals surface area contributed by atoms with Crippen LogP contribution in [0.3, 0.4) is 0 Å². The molecule has 0 radical (unpaired) electrons. The fraction of sp³-hybridized carbons (Fsp3) is 0.273. The molecular formula is C11H13N3O4S2. The monoisotopic (exact) mass is 315 g/mol. The molecular weight excluding hydrogens is 302 g/mol.